The van der Waals surface area contributed by atoms with E-state index >= 15 is 0 Å². The fourth-order valence-corrected chi connectivity index (χ4v) is 2.25. The minimum atomic E-state index is -0.206. The third-order valence-electron chi connectivity index (χ3n) is 3.06. The van der Waals surface area contributed by atoms with Gasteiger partial charge in [-0.2, -0.15) is 0 Å². The van der Waals surface area contributed by atoms with Crippen LogP contribution in [0.4, 0.5) is 4.39 Å². The van der Waals surface area contributed by atoms with Gasteiger partial charge in [-0.25, -0.2) is 4.39 Å². The van der Waals surface area contributed by atoms with Crippen LogP contribution in [0, 0.1) is 11.7 Å². The first-order chi connectivity index (χ1) is 9.17. The standard InChI is InChI=1S/C15H16BrFN2/c16-13-3-6-15(19-10-13)8-12(9-18)7-11-1-4-14(17)5-2-11/h1-6,10,12H,7-9,18H2. The quantitative estimate of drug-likeness (QED) is 0.916. The Kier molecular flexibility index (Phi) is 5.05. The van der Waals surface area contributed by atoms with Crippen molar-refractivity contribution in [3.63, 3.8) is 0 Å². The zero-order valence-electron chi connectivity index (χ0n) is 10.5. The summed E-state index contributed by atoms with van der Waals surface area (Å²) in [6, 6.07) is 10.6. The molecular weight excluding hydrogens is 307 g/mol. The Labute approximate surface area is 121 Å². The molecule has 0 aliphatic heterocycles. The second-order valence-corrected chi connectivity index (χ2v) is 5.52. The maximum Gasteiger partial charge on any atom is 0.123 e. The average Bonchev–Trinajstić information content (AvgIpc) is 2.43. The highest BCUT2D eigenvalue weighted by atomic mass is 79.9. The highest BCUT2D eigenvalue weighted by molar-refractivity contribution is 9.10. The molecule has 1 aromatic heterocycles. The van der Waals surface area contributed by atoms with Crippen molar-refractivity contribution in [2.75, 3.05) is 6.54 Å². The number of nitrogens with two attached hydrogens (primary N) is 1. The lowest BCUT2D eigenvalue weighted by molar-refractivity contribution is 0.526. The van der Waals surface area contributed by atoms with Gasteiger partial charge < -0.3 is 5.73 Å². The van der Waals surface area contributed by atoms with E-state index < -0.39 is 0 Å². The van der Waals surface area contributed by atoms with Gasteiger partial charge in [0.05, 0.1) is 0 Å². The smallest absolute Gasteiger partial charge is 0.123 e. The molecule has 0 aliphatic carbocycles. The number of nitrogens with zero attached hydrogens (tertiary/aromatic N) is 1. The fraction of sp³-hybridized carbons (Fsp3) is 0.267. The van der Waals surface area contributed by atoms with Crippen LogP contribution in [0.25, 0.3) is 0 Å². The molecule has 19 heavy (non-hydrogen) atoms. The van der Waals surface area contributed by atoms with Gasteiger partial charge in [-0.3, -0.25) is 4.98 Å². The lowest BCUT2D eigenvalue weighted by Gasteiger charge is -2.14. The summed E-state index contributed by atoms with van der Waals surface area (Å²) in [4.78, 5) is 4.36. The fourth-order valence-electron chi connectivity index (χ4n) is 2.02. The van der Waals surface area contributed by atoms with E-state index in [2.05, 4.69) is 20.9 Å². The van der Waals surface area contributed by atoms with Crippen LogP contribution in [0.3, 0.4) is 0 Å². The van der Waals surface area contributed by atoms with Crippen LogP contribution in [0.1, 0.15) is 11.3 Å². The molecule has 4 heteroatoms. The number of rotatable bonds is 5. The number of hydrogen-bond donors (Lipinski definition) is 1. The molecule has 1 aromatic carbocycles. The Morgan fingerprint density at radius 1 is 1.11 bits per heavy atom. The van der Waals surface area contributed by atoms with Crippen molar-refractivity contribution in [1.29, 1.82) is 0 Å². The van der Waals surface area contributed by atoms with Crippen molar-refractivity contribution < 1.29 is 4.39 Å². The maximum absolute atomic E-state index is 12.9. The Morgan fingerprint density at radius 3 is 2.42 bits per heavy atom. The summed E-state index contributed by atoms with van der Waals surface area (Å²) in [5.74, 6) is 0.113. The third kappa shape index (κ3) is 4.40. The van der Waals surface area contributed by atoms with Crippen molar-refractivity contribution in [3.05, 3.63) is 64.1 Å². The molecule has 1 atom stereocenters. The molecule has 0 saturated carbocycles. The van der Waals surface area contributed by atoms with Gasteiger partial charge >= 0.3 is 0 Å². The Morgan fingerprint density at radius 2 is 1.84 bits per heavy atom. The van der Waals surface area contributed by atoms with E-state index in [4.69, 9.17) is 5.73 Å². The molecule has 0 spiro atoms. The average molecular weight is 323 g/mol. The molecule has 2 N–H and O–H groups in total. The first-order valence-corrected chi connectivity index (χ1v) is 7.01. The summed E-state index contributed by atoms with van der Waals surface area (Å²) < 4.78 is 13.8. The predicted octanol–water partition coefficient (Wildman–Crippen LogP) is 3.34. The lowest BCUT2D eigenvalue weighted by atomic mass is 9.94. The number of benzene rings is 1. The van der Waals surface area contributed by atoms with Gasteiger partial charge in [-0.1, -0.05) is 12.1 Å². The zero-order valence-corrected chi connectivity index (χ0v) is 12.1. The minimum absolute atomic E-state index is 0.206. The van der Waals surface area contributed by atoms with Gasteiger partial charge in [0.2, 0.25) is 0 Å². The molecule has 0 saturated heterocycles. The molecule has 2 rings (SSSR count). The van der Waals surface area contributed by atoms with Crippen molar-refractivity contribution in [2.24, 2.45) is 11.7 Å². The Balaban J connectivity index is 2.00. The van der Waals surface area contributed by atoms with E-state index in [1.54, 1.807) is 6.20 Å². The first kappa shape index (κ1) is 14.2. The van der Waals surface area contributed by atoms with Crippen LogP contribution in [-0.2, 0) is 12.8 Å². The summed E-state index contributed by atoms with van der Waals surface area (Å²) in [5, 5.41) is 0. The van der Waals surface area contributed by atoms with E-state index in [-0.39, 0.29) is 5.82 Å². The van der Waals surface area contributed by atoms with Gasteiger partial charge in [-0.15, -0.1) is 0 Å². The molecule has 100 valence electrons. The second kappa shape index (κ2) is 6.78. The van der Waals surface area contributed by atoms with Crippen molar-refractivity contribution in [2.45, 2.75) is 12.8 Å². The monoisotopic (exact) mass is 322 g/mol. The zero-order chi connectivity index (χ0) is 13.7. The van der Waals surface area contributed by atoms with Crippen LogP contribution >= 0.6 is 15.9 Å². The molecule has 0 aliphatic rings. The van der Waals surface area contributed by atoms with Crippen LogP contribution in [0.5, 0.6) is 0 Å². The maximum atomic E-state index is 12.9. The second-order valence-electron chi connectivity index (χ2n) is 4.60. The van der Waals surface area contributed by atoms with E-state index in [1.165, 1.54) is 12.1 Å². The number of pyridine rings is 1. The van der Waals surface area contributed by atoms with E-state index in [1.807, 2.05) is 24.3 Å². The molecular formula is C15H16BrFN2. The Bertz CT molecular complexity index is 463. The lowest BCUT2D eigenvalue weighted by Crippen LogP contribution is -2.19. The largest absolute Gasteiger partial charge is 0.330 e. The van der Waals surface area contributed by atoms with E-state index in [9.17, 15) is 4.39 Å². The van der Waals surface area contributed by atoms with Crippen LogP contribution in [-0.4, -0.2) is 11.5 Å². The predicted molar refractivity (Wildman–Crippen MR) is 78.3 cm³/mol. The van der Waals surface area contributed by atoms with E-state index in [0.717, 1.165) is 28.6 Å². The van der Waals surface area contributed by atoms with Gasteiger partial charge in [0, 0.05) is 16.4 Å². The van der Waals surface area contributed by atoms with Gasteiger partial charge in [0.15, 0.2) is 0 Å². The topological polar surface area (TPSA) is 38.9 Å². The van der Waals surface area contributed by atoms with Gasteiger partial charge in [-0.05, 0) is 71.1 Å². The molecule has 0 radical (unpaired) electrons. The van der Waals surface area contributed by atoms with Crippen molar-refractivity contribution >= 4 is 15.9 Å². The summed E-state index contributed by atoms with van der Waals surface area (Å²) >= 11 is 3.37. The SMILES string of the molecule is NCC(Cc1ccc(F)cc1)Cc1ccc(Br)cn1. The summed E-state index contributed by atoms with van der Waals surface area (Å²) in [6.45, 7) is 0.592. The molecule has 0 amide bonds. The normalized spacial score (nSPS) is 12.4. The van der Waals surface area contributed by atoms with Crippen LogP contribution in [0.15, 0.2) is 47.1 Å². The van der Waals surface area contributed by atoms with Crippen molar-refractivity contribution in [3.8, 4) is 0 Å². The number of aromatic nitrogens is 1. The van der Waals surface area contributed by atoms with Crippen LogP contribution in [0.2, 0.25) is 0 Å². The summed E-state index contributed by atoms with van der Waals surface area (Å²) in [7, 11) is 0. The Hall–Kier alpha value is -1.26. The number of halogens is 2. The van der Waals surface area contributed by atoms with Crippen molar-refractivity contribution in [1.82, 2.24) is 4.98 Å². The molecule has 1 unspecified atom stereocenters. The summed E-state index contributed by atoms with van der Waals surface area (Å²) in [5.41, 5.74) is 7.95. The highest BCUT2D eigenvalue weighted by Crippen LogP contribution is 2.15. The third-order valence-corrected chi connectivity index (χ3v) is 3.53. The molecule has 2 nitrogen and oxygen atoms in total. The minimum Gasteiger partial charge on any atom is -0.330 e. The summed E-state index contributed by atoms with van der Waals surface area (Å²) in [6.07, 6.45) is 3.47. The number of hydrogen-bond acceptors (Lipinski definition) is 2. The highest BCUT2D eigenvalue weighted by Gasteiger charge is 2.10. The first-order valence-electron chi connectivity index (χ1n) is 6.22. The molecule has 0 fully saturated rings. The van der Waals surface area contributed by atoms with Gasteiger partial charge in [0.1, 0.15) is 5.82 Å². The van der Waals surface area contributed by atoms with Crippen LogP contribution < -0.4 is 5.73 Å². The van der Waals surface area contributed by atoms with Gasteiger partial charge in [0.25, 0.3) is 0 Å². The molecule has 1 heterocycles. The van der Waals surface area contributed by atoms with E-state index in [0.29, 0.717) is 12.5 Å². The molecule has 0 bridgehead atoms. The molecule has 2 aromatic rings.